The van der Waals surface area contributed by atoms with Gasteiger partial charge >= 0.3 is 0 Å². The second-order valence-electron chi connectivity index (χ2n) is 7.54. The van der Waals surface area contributed by atoms with Crippen molar-refractivity contribution in [2.45, 2.75) is 20.8 Å². The molecule has 0 spiro atoms. The molecule has 2 aromatic carbocycles. The number of nitrogens with zero attached hydrogens (tertiary/aromatic N) is 1. The number of benzene rings is 2. The summed E-state index contributed by atoms with van der Waals surface area (Å²) in [6.07, 6.45) is 3.44. The highest BCUT2D eigenvalue weighted by Gasteiger charge is 2.19. The summed E-state index contributed by atoms with van der Waals surface area (Å²) in [7, 11) is 3.35. The minimum absolute atomic E-state index is 0.00514. The molecule has 0 unspecified atom stereocenters. The number of carbonyl (C=O) groups is 1. The van der Waals surface area contributed by atoms with Crippen LogP contribution in [0.4, 0.5) is 0 Å². The summed E-state index contributed by atoms with van der Waals surface area (Å²) in [6.45, 7) is 5.61. The molecule has 1 aromatic heterocycles. The largest absolute Gasteiger partial charge is 0.497 e. The lowest BCUT2D eigenvalue weighted by Crippen LogP contribution is -2.30. The van der Waals surface area contributed by atoms with Crippen LogP contribution in [0.5, 0.6) is 5.75 Å². The first-order valence-corrected chi connectivity index (χ1v) is 9.52. The zero-order valence-electron chi connectivity index (χ0n) is 16.2. The number of fused-ring (bicyclic) bond motifs is 1. The molecule has 0 aliphatic heterocycles. The van der Waals surface area contributed by atoms with Gasteiger partial charge in [0.1, 0.15) is 10.4 Å². The molecule has 0 saturated heterocycles. The van der Waals surface area contributed by atoms with Gasteiger partial charge in [-0.05, 0) is 40.6 Å². The molecule has 0 radical (unpaired) electrons. The fourth-order valence-corrected chi connectivity index (χ4v) is 3.68. The first-order valence-electron chi connectivity index (χ1n) is 8.70. The molecule has 140 valence electrons. The monoisotopic (exact) mass is 381 g/mol. The van der Waals surface area contributed by atoms with Crippen molar-refractivity contribution in [2.75, 3.05) is 7.11 Å². The molecule has 27 heavy (non-hydrogen) atoms. The van der Waals surface area contributed by atoms with Crippen molar-refractivity contribution in [1.29, 1.82) is 0 Å². The normalized spacial score (nSPS) is 13.4. The van der Waals surface area contributed by atoms with E-state index in [4.69, 9.17) is 4.74 Å². The molecule has 3 aromatic rings. The predicted molar refractivity (Wildman–Crippen MR) is 112 cm³/mol. The molecule has 4 nitrogen and oxygen atoms in total. The fraction of sp³-hybridized carbons (Fsp3) is 0.273. The highest BCUT2D eigenvalue weighted by Crippen LogP contribution is 2.22. The van der Waals surface area contributed by atoms with E-state index in [1.165, 1.54) is 15.9 Å². The Morgan fingerprint density at radius 2 is 1.78 bits per heavy atom. The first-order chi connectivity index (χ1) is 12.7. The first kappa shape index (κ1) is 19.1. The SMILES string of the molecule is COc1ccc2cc(/C=c3/s/c(=C/C(=O)C(C)(C)C)n(C)c3=O)ccc2c1. The molecule has 0 saturated carbocycles. The Morgan fingerprint density at radius 1 is 1.11 bits per heavy atom. The van der Waals surface area contributed by atoms with Crippen molar-refractivity contribution < 1.29 is 9.53 Å². The number of carbonyl (C=O) groups excluding carboxylic acids is 1. The summed E-state index contributed by atoms with van der Waals surface area (Å²) in [5.74, 6) is 0.820. The third-order valence-electron chi connectivity index (χ3n) is 4.42. The van der Waals surface area contributed by atoms with Gasteiger partial charge in [0.2, 0.25) is 0 Å². The molecule has 0 fully saturated rings. The van der Waals surface area contributed by atoms with Crippen LogP contribution < -0.4 is 19.5 Å². The van der Waals surface area contributed by atoms with E-state index in [-0.39, 0.29) is 11.3 Å². The van der Waals surface area contributed by atoms with E-state index in [2.05, 4.69) is 0 Å². The van der Waals surface area contributed by atoms with Gasteiger partial charge in [-0.3, -0.25) is 9.59 Å². The van der Waals surface area contributed by atoms with Gasteiger partial charge in [-0.15, -0.1) is 11.3 Å². The highest BCUT2D eigenvalue weighted by atomic mass is 32.1. The molecular weight excluding hydrogens is 358 g/mol. The summed E-state index contributed by atoms with van der Waals surface area (Å²) in [5.41, 5.74) is 0.381. The topological polar surface area (TPSA) is 48.3 Å². The minimum atomic E-state index is -0.469. The van der Waals surface area contributed by atoms with E-state index in [0.29, 0.717) is 9.20 Å². The van der Waals surface area contributed by atoms with Crippen LogP contribution >= 0.6 is 11.3 Å². The molecule has 0 amide bonds. The summed E-state index contributed by atoms with van der Waals surface area (Å²) >= 11 is 1.34. The number of ketones is 1. The maximum Gasteiger partial charge on any atom is 0.268 e. The van der Waals surface area contributed by atoms with Gasteiger partial charge in [0.25, 0.3) is 5.56 Å². The van der Waals surface area contributed by atoms with E-state index >= 15 is 0 Å². The summed E-state index contributed by atoms with van der Waals surface area (Å²) in [4.78, 5) is 24.8. The second kappa shape index (κ2) is 7.16. The molecule has 0 N–H and O–H groups in total. The number of hydrogen-bond acceptors (Lipinski definition) is 4. The molecular formula is C22H23NO3S. The number of methoxy groups -OCH3 is 1. The van der Waals surface area contributed by atoms with Crippen molar-refractivity contribution in [3.05, 3.63) is 61.5 Å². The Balaban J connectivity index is 2.09. The van der Waals surface area contributed by atoms with E-state index in [1.807, 2.05) is 63.2 Å². The lowest BCUT2D eigenvalue weighted by Gasteiger charge is -2.12. The Labute approximate surface area is 162 Å². The Bertz CT molecular complexity index is 1190. The van der Waals surface area contributed by atoms with Crippen LogP contribution in [0.15, 0.2) is 41.2 Å². The van der Waals surface area contributed by atoms with Crippen LogP contribution in [-0.4, -0.2) is 17.5 Å². The van der Waals surface area contributed by atoms with Crippen LogP contribution in [0.25, 0.3) is 22.9 Å². The van der Waals surface area contributed by atoms with E-state index < -0.39 is 5.41 Å². The number of thiazole rings is 1. The fourth-order valence-electron chi connectivity index (χ4n) is 2.65. The summed E-state index contributed by atoms with van der Waals surface area (Å²) in [6, 6.07) is 11.9. The van der Waals surface area contributed by atoms with Gasteiger partial charge in [0.05, 0.1) is 11.6 Å². The van der Waals surface area contributed by atoms with Gasteiger partial charge in [0.15, 0.2) is 5.78 Å². The molecule has 0 atom stereocenters. The standard InChI is InChI=1S/C22H23NO3S/c1-22(2,3)19(24)13-20-23(4)21(25)18(27-20)11-14-6-7-16-12-17(26-5)9-8-15(16)10-14/h6-13H,1-5H3/b18-11+,20-13+. The second-order valence-corrected chi connectivity index (χ2v) is 8.61. The molecule has 1 heterocycles. The van der Waals surface area contributed by atoms with Crippen LogP contribution in [0.2, 0.25) is 0 Å². The third-order valence-corrected chi connectivity index (χ3v) is 5.54. The maximum atomic E-state index is 12.6. The van der Waals surface area contributed by atoms with Gasteiger partial charge in [-0.2, -0.15) is 0 Å². The molecule has 0 bridgehead atoms. The van der Waals surface area contributed by atoms with Gasteiger partial charge in [0, 0.05) is 18.5 Å². The average molecular weight is 381 g/mol. The molecule has 0 aliphatic carbocycles. The van der Waals surface area contributed by atoms with Crippen molar-refractivity contribution in [1.82, 2.24) is 4.57 Å². The lowest BCUT2D eigenvalue weighted by molar-refractivity contribution is -0.120. The summed E-state index contributed by atoms with van der Waals surface area (Å²) in [5, 5.41) is 2.16. The number of hydrogen-bond donors (Lipinski definition) is 0. The number of rotatable bonds is 3. The number of Topliss-reactive ketones (excluding diaryl/α,β-unsaturated/α-hetero) is 1. The van der Waals surface area contributed by atoms with Crippen LogP contribution in [0.1, 0.15) is 26.3 Å². The quantitative estimate of drug-likeness (QED) is 0.701. The van der Waals surface area contributed by atoms with E-state index in [1.54, 1.807) is 20.2 Å². The van der Waals surface area contributed by atoms with Crippen molar-refractivity contribution >= 4 is 40.0 Å². The van der Waals surface area contributed by atoms with E-state index in [9.17, 15) is 9.59 Å². The van der Waals surface area contributed by atoms with Crippen molar-refractivity contribution in [2.24, 2.45) is 12.5 Å². The summed E-state index contributed by atoms with van der Waals surface area (Å²) < 4.78 is 8.06. The Morgan fingerprint density at radius 3 is 2.44 bits per heavy atom. The number of aromatic nitrogens is 1. The molecule has 0 aliphatic rings. The van der Waals surface area contributed by atoms with Crippen molar-refractivity contribution in [3.8, 4) is 5.75 Å². The van der Waals surface area contributed by atoms with Crippen LogP contribution in [-0.2, 0) is 11.8 Å². The third kappa shape index (κ3) is 4.03. The lowest BCUT2D eigenvalue weighted by atomic mass is 9.91. The van der Waals surface area contributed by atoms with Crippen molar-refractivity contribution in [3.63, 3.8) is 0 Å². The van der Waals surface area contributed by atoms with Gasteiger partial charge in [-0.25, -0.2) is 0 Å². The Hall–Kier alpha value is -2.66. The molecule has 3 rings (SSSR count). The van der Waals surface area contributed by atoms with Crippen LogP contribution in [0, 0.1) is 5.41 Å². The highest BCUT2D eigenvalue weighted by molar-refractivity contribution is 7.07. The van der Waals surface area contributed by atoms with Gasteiger partial charge in [-0.1, -0.05) is 39.0 Å². The molecule has 5 heteroatoms. The smallest absolute Gasteiger partial charge is 0.268 e. The number of ether oxygens (including phenoxy) is 1. The zero-order chi connectivity index (χ0) is 19.8. The van der Waals surface area contributed by atoms with Crippen LogP contribution in [0.3, 0.4) is 0 Å². The van der Waals surface area contributed by atoms with Gasteiger partial charge < -0.3 is 9.30 Å². The predicted octanol–water partition coefficient (Wildman–Crippen LogP) is 2.83. The van der Waals surface area contributed by atoms with E-state index in [0.717, 1.165) is 22.1 Å². The Kier molecular flexibility index (Phi) is 5.07. The zero-order valence-corrected chi connectivity index (χ0v) is 17.0. The minimum Gasteiger partial charge on any atom is -0.497 e. The maximum absolute atomic E-state index is 12.6. The average Bonchev–Trinajstić information content (AvgIpc) is 2.88.